The van der Waals surface area contributed by atoms with Crippen LogP contribution in [0.1, 0.15) is 84.1 Å². The highest BCUT2D eigenvalue weighted by Gasteiger charge is 2.33. The Balaban J connectivity index is 0.000000154. The summed E-state index contributed by atoms with van der Waals surface area (Å²) in [5, 5.41) is 3.29. The molecule has 0 aliphatic carbocycles. The number of anilines is 1. The molecule has 4 aliphatic rings. The van der Waals surface area contributed by atoms with Gasteiger partial charge in [-0.3, -0.25) is 37.2 Å². The summed E-state index contributed by atoms with van der Waals surface area (Å²) in [5.74, 6) is 6.97. The zero-order valence-electron chi connectivity index (χ0n) is 54.7. The number of likely N-dealkylation sites (tertiary alicyclic amines) is 1. The first-order valence-corrected chi connectivity index (χ1v) is 33.7. The molecule has 9 aromatic rings. The number of terminal acetylenes is 1. The molecule has 3 N–H and O–H groups in total. The number of benzene rings is 2. The van der Waals surface area contributed by atoms with E-state index in [1.807, 2.05) is 42.5 Å². The number of rotatable bonds is 1. The lowest BCUT2D eigenvalue weighted by molar-refractivity contribution is -0.149. The first kappa shape index (κ1) is 74.0. The van der Waals surface area contributed by atoms with E-state index in [9.17, 15) is 37.5 Å². The molecule has 0 spiro atoms. The number of methoxy groups -OCH3 is 1. The number of nitrogens with zero attached hydrogens (tertiary/aromatic N) is 10. The SMILES string of the molecule is C#Cc1ccc(F)cc1.CN1CCc2nc3cc(Br)ccn3c(=O)c2CC1.CN1CCc2nc3cc(C#Cc4ccc(F)cc4)ccn3c(=O)c2CC1.COC(=O)C1CCN(C(=O)OC(C)(C)C)CCC1=O.Nc1cc(Br)ccn1.O=c1c2c(nc3cc(Br)ccn13)CCNCC2. The van der Waals surface area contributed by atoms with Crippen molar-refractivity contribution in [3.8, 4) is 24.2 Å². The van der Waals surface area contributed by atoms with E-state index in [0.29, 0.717) is 29.2 Å². The molecule has 1 fully saturated rings. The van der Waals surface area contributed by atoms with Gasteiger partial charge in [0.2, 0.25) is 0 Å². The van der Waals surface area contributed by atoms with Crippen molar-refractivity contribution in [2.45, 2.75) is 77.7 Å². The van der Waals surface area contributed by atoms with E-state index in [-0.39, 0.29) is 53.5 Å². The van der Waals surface area contributed by atoms with Crippen molar-refractivity contribution in [2.75, 3.05) is 79.3 Å². The standard InChI is InChI=1S/C21H18FN3O.C13H14BrN3O.C13H21NO5.C12H12BrN3O.C8H5F.C5H5BrN2/c1-24-11-9-18-19(10-12-24)23-20-14-16(8-13-25(20)21(18)26)3-2-15-4-6-17(22)7-5-15;1-16-5-3-10-11(4-6-16)15-12-8-9(14)2-7-17(12)13(10)18;1-13(2,3)19-12(17)14-7-5-9(11(16)18-4)10(15)6-8-14;13-8-3-6-16-11(7-8)15-10-2-5-14-4-1-9(10)12(16)17;1-2-7-3-5-8(9)6-4-7;6-4-1-2-8-5(7)3-4/h4-8,13-14H,9-12H2,1H3;2,7-8H,3-6H2,1H3;9H,5-8H2,1-4H3;3,6-7,14H,1-2,4-5H2;1,3-6H;1-3H,(H2,7,8). The number of aromatic nitrogens is 7. The van der Waals surface area contributed by atoms with E-state index in [2.05, 4.69) is 114 Å². The Morgan fingerprint density at radius 2 is 1.05 bits per heavy atom. The molecule has 2 aromatic carbocycles. The van der Waals surface area contributed by atoms with Crippen molar-refractivity contribution in [1.29, 1.82) is 0 Å². The highest BCUT2D eigenvalue weighted by atomic mass is 79.9. The number of ether oxygens (including phenoxy) is 2. The fraction of sp³-hybridized carbons (Fsp3) is 0.333. The van der Waals surface area contributed by atoms with Crippen LogP contribution in [-0.2, 0) is 57.6 Å². The van der Waals surface area contributed by atoms with Crippen LogP contribution in [-0.4, -0.2) is 145 Å². The van der Waals surface area contributed by atoms with Gasteiger partial charge in [-0.15, -0.1) is 6.42 Å². The Hall–Kier alpha value is -8.82. The van der Waals surface area contributed by atoms with Crippen molar-refractivity contribution in [1.82, 2.24) is 53.2 Å². The minimum Gasteiger partial charge on any atom is -0.468 e. The number of pyridine rings is 4. The summed E-state index contributed by atoms with van der Waals surface area (Å²) in [5.41, 5.74) is 14.5. The molecule has 13 rings (SSSR count). The predicted molar refractivity (Wildman–Crippen MR) is 380 cm³/mol. The van der Waals surface area contributed by atoms with E-state index in [1.54, 1.807) is 89.1 Å². The lowest BCUT2D eigenvalue weighted by Crippen LogP contribution is -2.37. The number of ketones is 1. The van der Waals surface area contributed by atoms with Gasteiger partial charge in [-0.1, -0.05) is 65.6 Å². The van der Waals surface area contributed by atoms with Crippen LogP contribution >= 0.6 is 47.8 Å². The second-order valence-corrected chi connectivity index (χ2v) is 26.8. The highest BCUT2D eigenvalue weighted by molar-refractivity contribution is 9.11. The number of nitrogens with one attached hydrogen (secondary N) is 1. The second kappa shape index (κ2) is 34.9. The number of nitrogen functional groups attached to an aromatic ring is 1. The molecule has 97 heavy (non-hydrogen) atoms. The molecule has 7 aromatic heterocycles. The number of hydrogen-bond donors (Lipinski definition) is 2. The molecule has 20 nitrogen and oxygen atoms in total. The fourth-order valence-electron chi connectivity index (χ4n) is 10.6. The third kappa shape index (κ3) is 21.3. The summed E-state index contributed by atoms with van der Waals surface area (Å²) in [4.78, 5) is 96.3. The Bertz CT molecular complexity index is 4590. The lowest BCUT2D eigenvalue weighted by atomic mass is 10.00. The third-order valence-electron chi connectivity index (χ3n) is 15.8. The fourth-order valence-corrected chi connectivity index (χ4v) is 11.6. The van der Waals surface area contributed by atoms with Crippen LogP contribution in [0, 0.1) is 41.7 Å². The van der Waals surface area contributed by atoms with Crippen LogP contribution in [0.5, 0.6) is 0 Å². The average molecular weight is 1510 g/mol. The molecule has 1 atom stereocenters. The number of halogens is 5. The molecule has 1 saturated heterocycles. The molecule has 25 heteroatoms. The maximum Gasteiger partial charge on any atom is 0.410 e. The topological polar surface area (TPSA) is 233 Å². The molecule has 11 heterocycles. The Morgan fingerprint density at radius 3 is 1.55 bits per heavy atom. The van der Waals surface area contributed by atoms with Crippen LogP contribution in [0.2, 0.25) is 0 Å². The molecule has 506 valence electrons. The Labute approximate surface area is 586 Å². The van der Waals surface area contributed by atoms with Crippen molar-refractivity contribution in [3.05, 3.63) is 228 Å². The van der Waals surface area contributed by atoms with Gasteiger partial charge in [0.15, 0.2) is 0 Å². The number of nitrogens with two attached hydrogens (primary N) is 1. The average Bonchev–Trinajstić information content (AvgIpc) is 1.70. The van der Waals surface area contributed by atoms with Crippen LogP contribution in [0.15, 0.2) is 150 Å². The van der Waals surface area contributed by atoms with Gasteiger partial charge in [-0.05, 0) is 164 Å². The zero-order chi connectivity index (χ0) is 69.9. The molecular weight excluding hydrogens is 1440 g/mol. The van der Waals surface area contributed by atoms with Crippen LogP contribution in [0.4, 0.5) is 19.4 Å². The maximum atomic E-state index is 13.0. The lowest BCUT2D eigenvalue weighted by Gasteiger charge is -2.26. The van der Waals surface area contributed by atoms with Gasteiger partial charge >= 0.3 is 12.1 Å². The number of carbonyl (C=O) groups excluding carboxylic acids is 3. The maximum absolute atomic E-state index is 13.0. The first-order valence-electron chi connectivity index (χ1n) is 31.3. The second-order valence-electron chi connectivity index (χ2n) is 24.0. The number of likely N-dealkylation sites (N-methyl/N-ethyl adjacent to an activating group) is 2. The molecular formula is C72H75Br3F2N12O8. The summed E-state index contributed by atoms with van der Waals surface area (Å²) >= 11 is 10.1. The number of amides is 1. The van der Waals surface area contributed by atoms with Crippen molar-refractivity contribution in [2.24, 2.45) is 5.92 Å². The largest absolute Gasteiger partial charge is 0.468 e. The van der Waals surface area contributed by atoms with E-state index in [4.69, 9.17) is 21.9 Å². The van der Waals surface area contributed by atoms with E-state index in [1.165, 1.54) is 36.3 Å². The molecule has 1 amide bonds. The van der Waals surface area contributed by atoms with Crippen LogP contribution in [0.3, 0.4) is 0 Å². The summed E-state index contributed by atoms with van der Waals surface area (Å²) in [6.45, 7) is 11.4. The predicted octanol–water partition coefficient (Wildman–Crippen LogP) is 9.51. The van der Waals surface area contributed by atoms with E-state index in [0.717, 1.165) is 142 Å². The summed E-state index contributed by atoms with van der Waals surface area (Å²) in [7, 11) is 5.40. The molecule has 0 saturated carbocycles. The Kier molecular flexibility index (Phi) is 26.6. The smallest absolute Gasteiger partial charge is 0.410 e. The summed E-state index contributed by atoms with van der Waals surface area (Å²) < 4.78 is 42.7. The van der Waals surface area contributed by atoms with Gasteiger partial charge in [-0.2, -0.15) is 0 Å². The van der Waals surface area contributed by atoms with Gasteiger partial charge in [0.25, 0.3) is 16.7 Å². The summed E-state index contributed by atoms with van der Waals surface area (Å²) in [6, 6.07) is 26.6. The van der Waals surface area contributed by atoms with E-state index < -0.39 is 23.6 Å². The zero-order valence-corrected chi connectivity index (χ0v) is 59.5. The number of carbonyl (C=O) groups is 3. The van der Waals surface area contributed by atoms with Gasteiger partial charge in [0, 0.05) is 143 Å². The number of fused-ring (bicyclic) bond motifs is 6. The Morgan fingerprint density at radius 1 is 0.588 bits per heavy atom. The van der Waals surface area contributed by atoms with Gasteiger partial charge < -0.3 is 35.2 Å². The van der Waals surface area contributed by atoms with Gasteiger partial charge in [-0.25, -0.2) is 33.5 Å². The molecule has 4 aliphatic heterocycles. The van der Waals surface area contributed by atoms with Crippen molar-refractivity contribution >= 4 is 88.4 Å². The van der Waals surface area contributed by atoms with Crippen LogP contribution in [0.25, 0.3) is 16.9 Å². The van der Waals surface area contributed by atoms with Crippen molar-refractivity contribution < 1.29 is 32.6 Å². The van der Waals surface area contributed by atoms with Crippen LogP contribution < -0.4 is 27.7 Å². The normalized spacial score (nSPS) is 15.3. The minimum absolute atomic E-state index is 0.0124. The molecule has 0 radical (unpaired) electrons. The minimum atomic E-state index is -0.766. The number of esters is 1. The number of Topliss-reactive ketones (excluding diaryl/α,β-unsaturated/α-hetero) is 1. The molecule has 0 bridgehead atoms. The summed E-state index contributed by atoms with van der Waals surface area (Å²) in [6.07, 6.45) is 16.7. The monoisotopic (exact) mass is 1510 g/mol. The number of hydrogen-bond acceptors (Lipinski definition) is 16. The highest BCUT2D eigenvalue weighted by Crippen LogP contribution is 2.21. The van der Waals surface area contributed by atoms with E-state index >= 15 is 0 Å². The van der Waals surface area contributed by atoms with Gasteiger partial charge in [0.1, 0.15) is 51.7 Å². The molecule has 1 unspecified atom stereocenters. The van der Waals surface area contributed by atoms with Gasteiger partial charge in [0.05, 0.1) is 24.2 Å². The third-order valence-corrected chi connectivity index (χ3v) is 17.3. The van der Waals surface area contributed by atoms with Crippen molar-refractivity contribution in [3.63, 3.8) is 0 Å². The first-order chi connectivity index (χ1) is 46.4. The quantitative estimate of drug-likeness (QED) is 0.0885.